The van der Waals surface area contributed by atoms with Crippen LogP contribution in [0.5, 0.6) is 0 Å². The molecule has 0 aliphatic rings. The number of fused-ring (bicyclic) bond motifs is 1. The third-order valence-electron chi connectivity index (χ3n) is 4.62. The number of sulfonamides is 1. The van der Waals surface area contributed by atoms with Crippen LogP contribution in [-0.2, 0) is 21.3 Å². The first-order valence-electron chi connectivity index (χ1n) is 9.93. The second kappa shape index (κ2) is 9.31. The SMILES string of the molecule is CCCn1nc(C(=O)O[C@@H](C)C(=O)c2ccc(NS(C)(=O)=O)cc2)c2ccccc2c1=O. The van der Waals surface area contributed by atoms with Crippen molar-refractivity contribution in [3.8, 4) is 0 Å². The Bertz CT molecular complexity index is 1330. The number of nitrogens with one attached hydrogen (secondary N) is 1. The van der Waals surface area contributed by atoms with Gasteiger partial charge < -0.3 is 4.74 Å². The standard InChI is InChI=1S/C22H23N3O6S/c1-4-13-25-21(27)18-8-6-5-7-17(18)19(23-25)22(28)31-14(2)20(26)15-9-11-16(12-10-15)24-32(3,29)30/h5-12,14,24H,4,13H2,1-3H3/t14-/m0/s1. The lowest BCUT2D eigenvalue weighted by atomic mass is 10.1. The summed E-state index contributed by atoms with van der Waals surface area (Å²) in [6, 6.07) is 12.4. The normalized spacial score (nSPS) is 12.3. The lowest BCUT2D eigenvalue weighted by Gasteiger charge is -2.14. The van der Waals surface area contributed by atoms with Crippen LogP contribution in [0, 0.1) is 0 Å². The van der Waals surface area contributed by atoms with E-state index < -0.39 is 27.9 Å². The lowest BCUT2D eigenvalue weighted by Crippen LogP contribution is -2.29. The Morgan fingerprint density at radius 2 is 1.72 bits per heavy atom. The molecular formula is C22H23N3O6S. The molecule has 1 aromatic heterocycles. The summed E-state index contributed by atoms with van der Waals surface area (Å²) in [6.45, 7) is 3.66. The van der Waals surface area contributed by atoms with Crippen LogP contribution in [0.15, 0.2) is 53.3 Å². The molecule has 0 bridgehead atoms. The highest BCUT2D eigenvalue weighted by Gasteiger charge is 2.24. The van der Waals surface area contributed by atoms with Crippen LogP contribution in [0.1, 0.15) is 41.1 Å². The van der Waals surface area contributed by atoms with E-state index in [0.29, 0.717) is 29.4 Å². The summed E-state index contributed by atoms with van der Waals surface area (Å²) >= 11 is 0. The number of anilines is 1. The Morgan fingerprint density at radius 3 is 2.31 bits per heavy atom. The van der Waals surface area contributed by atoms with Crippen LogP contribution in [0.3, 0.4) is 0 Å². The van der Waals surface area contributed by atoms with Gasteiger partial charge in [-0.05, 0) is 43.7 Å². The first-order valence-corrected chi connectivity index (χ1v) is 11.8. The Hall–Kier alpha value is -3.53. The van der Waals surface area contributed by atoms with Crippen molar-refractivity contribution >= 4 is 38.2 Å². The quantitative estimate of drug-likeness (QED) is 0.407. The fourth-order valence-electron chi connectivity index (χ4n) is 3.17. The van der Waals surface area contributed by atoms with Crippen molar-refractivity contribution in [2.75, 3.05) is 11.0 Å². The summed E-state index contributed by atoms with van der Waals surface area (Å²) in [5, 5.41) is 4.87. The van der Waals surface area contributed by atoms with Gasteiger partial charge >= 0.3 is 5.97 Å². The van der Waals surface area contributed by atoms with Gasteiger partial charge in [-0.3, -0.25) is 14.3 Å². The molecule has 1 atom stereocenters. The summed E-state index contributed by atoms with van der Waals surface area (Å²) < 4.78 is 31.5. The number of hydrogen-bond acceptors (Lipinski definition) is 7. The molecule has 1 N–H and O–H groups in total. The number of nitrogens with zero attached hydrogens (tertiary/aromatic N) is 2. The van der Waals surface area contributed by atoms with Crippen molar-refractivity contribution in [2.45, 2.75) is 32.9 Å². The minimum absolute atomic E-state index is 0.0407. The van der Waals surface area contributed by atoms with E-state index in [-0.39, 0.29) is 16.8 Å². The number of ether oxygens (including phenoxy) is 1. The average molecular weight is 458 g/mol. The molecule has 32 heavy (non-hydrogen) atoms. The van der Waals surface area contributed by atoms with E-state index in [1.54, 1.807) is 24.3 Å². The summed E-state index contributed by atoms with van der Waals surface area (Å²) in [7, 11) is -3.44. The molecule has 0 aliphatic heterocycles. The second-order valence-corrected chi connectivity index (χ2v) is 9.03. The van der Waals surface area contributed by atoms with E-state index in [1.807, 2.05) is 6.92 Å². The maximum Gasteiger partial charge on any atom is 0.360 e. The molecule has 0 saturated heterocycles. The monoisotopic (exact) mass is 457 g/mol. The highest BCUT2D eigenvalue weighted by Crippen LogP contribution is 2.17. The van der Waals surface area contributed by atoms with Crippen molar-refractivity contribution in [1.82, 2.24) is 9.78 Å². The van der Waals surface area contributed by atoms with Crippen molar-refractivity contribution in [2.24, 2.45) is 0 Å². The summed E-state index contributed by atoms with van der Waals surface area (Å²) in [5.41, 5.74) is 0.215. The van der Waals surface area contributed by atoms with Crippen LogP contribution in [0.25, 0.3) is 10.8 Å². The number of esters is 1. The van der Waals surface area contributed by atoms with Gasteiger partial charge in [0.05, 0.1) is 11.6 Å². The number of benzene rings is 2. The maximum atomic E-state index is 12.9. The third kappa shape index (κ3) is 5.20. The molecule has 0 saturated carbocycles. The van der Waals surface area contributed by atoms with Crippen LogP contribution >= 0.6 is 0 Å². The highest BCUT2D eigenvalue weighted by atomic mass is 32.2. The van der Waals surface area contributed by atoms with E-state index in [4.69, 9.17) is 4.74 Å². The third-order valence-corrected chi connectivity index (χ3v) is 5.23. The molecule has 9 nitrogen and oxygen atoms in total. The Labute approximate surface area is 185 Å². The molecule has 0 spiro atoms. The molecule has 3 aromatic rings. The zero-order valence-electron chi connectivity index (χ0n) is 17.9. The van der Waals surface area contributed by atoms with E-state index >= 15 is 0 Å². The van der Waals surface area contributed by atoms with Gasteiger partial charge in [-0.1, -0.05) is 25.1 Å². The fraction of sp³-hybridized carbons (Fsp3) is 0.273. The van der Waals surface area contributed by atoms with E-state index in [2.05, 4.69) is 9.82 Å². The topological polar surface area (TPSA) is 124 Å². The Kier molecular flexibility index (Phi) is 6.73. The first kappa shape index (κ1) is 23.1. The van der Waals surface area contributed by atoms with Gasteiger partial charge in [-0.25, -0.2) is 17.9 Å². The number of Topliss-reactive ketones (excluding diaryl/α,β-unsaturated/α-hetero) is 1. The molecule has 10 heteroatoms. The zero-order chi connectivity index (χ0) is 23.5. The molecule has 0 amide bonds. The molecule has 0 unspecified atom stereocenters. The second-order valence-electron chi connectivity index (χ2n) is 7.29. The average Bonchev–Trinajstić information content (AvgIpc) is 2.74. The summed E-state index contributed by atoms with van der Waals surface area (Å²) in [6.07, 6.45) is 0.552. The molecule has 0 aliphatic carbocycles. The number of rotatable bonds is 8. The number of carbonyl (C=O) groups is 2. The van der Waals surface area contributed by atoms with Crippen LogP contribution in [0.2, 0.25) is 0 Å². The van der Waals surface area contributed by atoms with Gasteiger partial charge in [0.2, 0.25) is 15.8 Å². The number of ketones is 1. The maximum absolute atomic E-state index is 12.9. The minimum Gasteiger partial charge on any atom is -0.449 e. The largest absolute Gasteiger partial charge is 0.449 e. The number of carbonyl (C=O) groups excluding carboxylic acids is 2. The van der Waals surface area contributed by atoms with Gasteiger partial charge in [0.15, 0.2) is 11.8 Å². The van der Waals surface area contributed by atoms with Crippen LogP contribution in [-0.4, -0.2) is 42.3 Å². The highest BCUT2D eigenvalue weighted by molar-refractivity contribution is 7.92. The van der Waals surface area contributed by atoms with Crippen LogP contribution in [0.4, 0.5) is 5.69 Å². The Balaban J connectivity index is 1.84. The smallest absolute Gasteiger partial charge is 0.360 e. The molecule has 3 rings (SSSR count). The van der Waals surface area contributed by atoms with Gasteiger partial charge in [-0.15, -0.1) is 0 Å². The van der Waals surface area contributed by atoms with Crippen molar-refractivity contribution < 1.29 is 22.7 Å². The van der Waals surface area contributed by atoms with Crippen molar-refractivity contribution in [1.29, 1.82) is 0 Å². The molecule has 2 aromatic carbocycles. The molecule has 0 fully saturated rings. The van der Waals surface area contributed by atoms with Gasteiger partial charge in [0, 0.05) is 23.2 Å². The van der Waals surface area contributed by atoms with Crippen molar-refractivity contribution in [3.05, 3.63) is 70.1 Å². The lowest BCUT2D eigenvalue weighted by molar-refractivity contribution is 0.0313. The minimum atomic E-state index is -3.44. The van der Waals surface area contributed by atoms with Crippen LogP contribution < -0.4 is 10.3 Å². The van der Waals surface area contributed by atoms with Gasteiger partial charge in [-0.2, -0.15) is 5.10 Å². The molecular weight excluding hydrogens is 434 g/mol. The molecule has 1 heterocycles. The summed E-state index contributed by atoms with van der Waals surface area (Å²) in [5.74, 6) is -1.28. The number of aryl methyl sites for hydroxylation is 1. The van der Waals surface area contributed by atoms with Gasteiger partial charge in [0.1, 0.15) is 0 Å². The summed E-state index contributed by atoms with van der Waals surface area (Å²) in [4.78, 5) is 38.1. The Morgan fingerprint density at radius 1 is 1.09 bits per heavy atom. The zero-order valence-corrected chi connectivity index (χ0v) is 18.7. The number of hydrogen-bond donors (Lipinski definition) is 1. The van der Waals surface area contributed by atoms with Crippen molar-refractivity contribution in [3.63, 3.8) is 0 Å². The molecule has 168 valence electrons. The number of aromatic nitrogens is 2. The van der Waals surface area contributed by atoms with E-state index in [1.165, 1.54) is 35.9 Å². The first-order chi connectivity index (χ1) is 15.1. The predicted octanol–water partition coefficient (Wildman–Crippen LogP) is 2.61. The fourth-order valence-corrected chi connectivity index (χ4v) is 3.73. The molecule has 0 radical (unpaired) electrons. The van der Waals surface area contributed by atoms with Gasteiger partial charge in [0.25, 0.3) is 5.56 Å². The predicted molar refractivity (Wildman–Crippen MR) is 120 cm³/mol. The van der Waals surface area contributed by atoms with E-state index in [0.717, 1.165) is 6.26 Å². The van der Waals surface area contributed by atoms with E-state index in [9.17, 15) is 22.8 Å².